The number of rotatable bonds is 6. The van der Waals surface area contributed by atoms with Crippen molar-refractivity contribution in [3.63, 3.8) is 0 Å². The Morgan fingerprint density at radius 1 is 1.11 bits per heavy atom. The summed E-state index contributed by atoms with van der Waals surface area (Å²) in [6, 6.07) is 4.89. The minimum absolute atomic E-state index is 0.0871. The minimum atomic E-state index is -4.67. The van der Waals surface area contributed by atoms with Crippen LogP contribution in [-0.2, 0) is 22.3 Å². The zero-order valence-electron chi connectivity index (χ0n) is 19.7. The Morgan fingerprint density at radius 2 is 1.77 bits per heavy atom. The van der Waals surface area contributed by atoms with Gasteiger partial charge in [-0.3, -0.25) is 9.69 Å². The van der Waals surface area contributed by atoms with Gasteiger partial charge in [0, 0.05) is 24.2 Å². The summed E-state index contributed by atoms with van der Waals surface area (Å²) >= 11 is 0. The molecule has 1 aliphatic heterocycles. The van der Waals surface area contributed by atoms with E-state index >= 15 is 0 Å². The van der Waals surface area contributed by atoms with Crippen LogP contribution in [0, 0.1) is 5.82 Å². The Hall–Kier alpha value is -3.50. The summed E-state index contributed by atoms with van der Waals surface area (Å²) in [5.41, 5.74) is -0.323. The first-order valence-electron chi connectivity index (χ1n) is 10.9. The maximum Gasteiger partial charge on any atom is 0.416 e. The van der Waals surface area contributed by atoms with Crippen LogP contribution in [-0.4, -0.2) is 38.9 Å². The molecule has 190 valence electrons. The molecule has 2 unspecified atom stereocenters. The van der Waals surface area contributed by atoms with Crippen LogP contribution in [0.5, 0.6) is 11.5 Å². The standard InChI is InChI=1S/C24H26F4N2O5/c1-5-35-23(32)30-13(2)8-17(16-10-20(33-3)21(34-4)11-19(16)30)22(31)29-12-14-6-7-15(9-18(14)25)24(26,27)28/h6-7,9-11,13,17H,5,8,12H2,1-4H3,(H,29,31). The Labute approximate surface area is 199 Å². The highest BCUT2D eigenvalue weighted by Crippen LogP contribution is 2.45. The van der Waals surface area contributed by atoms with Gasteiger partial charge in [0.25, 0.3) is 0 Å². The van der Waals surface area contributed by atoms with E-state index in [-0.39, 0.29) is 25.1 Å². The van der Waals surface area contributed by atoms with E-state index in [1.54, 1.807) is 26.0 Å². The molecule has 0 aliphatic carbocycles. The second-order valence-corrected chi connectivity index (χ2v) is 7.99. The zero-order valence-corrected chi connectivity index (χ0v) is 19.7. The third-order valence-corrected chi connectivity index (χ3v) is 5.80. The van der Waals surface area contributed by atoms with Gasteiger partial charge in [-0.1, -0.05) is 6.07 Å². The van der Waals surface area contributed by atoms with Gasteiger partial charge >= 0.3 is 12.3 Å². The number of ether oxygens (including phenoxy) is 3. The molecule has 0 fully saturated rings. The van der Waals surface area contributed by atoms with Gasteiger partial charge in [-0.2, -0.15) is 13.2 Å². The number of hydrogen-bond acceptors (Lipinski definition) is 5. The molecule has 0 radical (unpaired) electrons. The van der Waals surface area contributed by atoms with Gasteiger partial charge < -0.3 is 19.5 Å². The minimum Gasteiger partial charge on any atom is -0.493 e. The Kier molecular flexibility index (Phi) is 7.76. The normalized spacial score (nSPS) is 17.4. The average molecular weight is 498 g/mol. The molecule has 3 rings (SSSR count). The van der Waals surface area contributed by atoms with Gasteiger partial charge in [0.05, 0.1) is 38.0 Å². The van der Waals surface area contributed by atoms with Crippen molar-refractivity contribution in [2.45, 2.75) is 44.9 Å². The number of amides is 2. The van der Waals surface area contributed by atoms with Crippen LogP contribution in [0.25, 0.3) is 0 Å². The van der Waals surface area contributed by atoms with Gasteiger partial charge in [0.15, 0.2) is 11.5 Å². The fraction of sp³-hybridized carbons (Fsp3) is 0.417. The summed E-state index contributed by atoms with van der Waals surface area (Å²) in [5.74, 6) is -1.61. The molecule has 0 aromatic heterocycles. The van der Waals surface area contributed by atoms with Crippen molar-refractivity contribution in [2.75, 3.05) is 25.7 Å². The molecule has 2 aromatic rings. The highest BCUT2D eigenvalue weighted by Gasteiger charge is 2.39. The molecule has 7 nitrogen and oxygen atoms in total. The molecule has 1 aliphatic rings. The number of halogens is 4. The highest BCUT2D eigenvalue weighted by atomic mass is 19.4. The molecule has 0 spiro atoms. The first-order valence-corrected chi connectivity index (χ1v) is 10.9. The molecule has 11 heteroatoms. The van der Waals surface area contributed by atoms with Gasteiger partial charge in [0.2, 0.25) is 5.91 Å². The van der Waals surface area contributed by atoms with E-state index in [2.05, 4.69) is 5.32 Å². The number of alkyl halides is 3. The summed E-state index contributed by atoms with van der Waals surface area (Å²) in [5, 5.41) is 2.60. The third-order valence-electron chi connectivity index (χ3n) is 5.80. The number of carbonyl (C=O) groups is 2. The number of anilines is 1. The molecule has 1 N–H and O–H groups in total. The molecule has 2 atom stereocenters. The highest BCUT2D eigenvalue weighted by molar-refractivity contribution is 5.95. The summed E-state index contributed by atoms with van der Waals surface area (Å²) in [6.45, 7) is 3.29. The summed E-state index contributed by atoms with van der Waals surface area (Å²) in [6.07, 6.45) is -5.03. The molecule has 0 saturated heterocycles. The lowest BCUT2D eigenvalue weighted by Crippen LogP contribution is -2.46. The first kappa shape index (κ1) is 26.1. The number of benzene rings is 2. The lowest BCUT2D eigenvalue weighted by Gasteiger charge is -2.38. The van der Waals surface area contributed by atoms with Crippen LogP contribution in [0.15, 0.2) is 30.3 Å². The van der Waals surface area contributed by atoms with E-state index in [1.165, 1.54) is 19.1 Å². The van der Waals surface area contributed by atoms with Crippen LogP contribution < -0.4 is 19.7 Å². The van der Waals surface area contributed by atoms with Crippen LogP contribution in [0.4, 0.5) is 28.0 Å². The Morgan fingerprint density at radius 3 is 2.34 bits per heavy atom. The van der Waals surface area contributed by atoms with E-state index in [0.29, 0.717) is 28.8 Å². The maximum atomic E-state index is 14.2. The van der Waals surface area contributed by atoms with Crippen molar-refractivity contribution in [3.05, 3.63) is 52.8 Å². The largest absolute Gasteiger partial charge is 0.493 e. The smallest absolute Gasteiger partial charge is 0.416 e. The average Bonchev–Trinajstić information content (AvgIpc) is 2.81. The van der Waals surface area contributed by atoms with E-state index in [9.17, 15) is 27.2 Å². The summed E-state index contributed by atoms with van der Waals surface area (Å²) in [4.78, 5) is 27.2. The van der Waals surface area contributed by atoms with Gasteiger partial charge in [-0.25, -0.2) is 9.18 Å². The SMILES string of the molecule is CCOC(=O)N1c2cc(OC)c(OC)cc2C(C(=O)NCc2ccc(C(F)(F)F)cc2F)CC1C. The van der Waals surface area contributed by atoms with Gasteiger partial charge in [0.1, 0.15) is 5.82 Å². The van der Waals surface area contributed by atoms with Crippen LogP contribution in [0.1, 0.15) is 42.9 Å². The molecule has 0 bridgehead atoms. The molecule has 2 amide bonds. The number of nitrogens with zero attached hydrogens (tertiary/aromatic N) is 1. The third kappa shape index (κ3) is 5.44. The van der Waals surface area contributed by atoms with E-state index in [1.807, 2.05) is 0 Å². The topological polar surface area (TPSA) is 77.1 Å². The second kappa shape index (κ2) is 10.4. The molecular weight excluding hydrogens is 472 g/mol. The monoisotopic (exact) mass is 498 g/mol. The number of hydrogen-bond donors (Lipinski definition) is 1. The van der Waals surface area contributed by atoms with Crippen LogP contribution in [0.2, 0.25) is 0 Å². The van der Waals surface area contributed by atoms with Crippen molar-refractivity contribution in [1.82, 2.24) is 5.32 Å². The van der Waals surface area contributed by atoms with Crippen LogP contribution in [0.3, 0.4) is 0 Å². The van der Waals surface area contributed by atoms with E-state index < -0.39 is 41.5 Å². The number of methoxy groups -OCH3 is 2. The number of fused-ring (bicyclic) bond motifs is 1. The molecule has 35 heavy (non-hydrogen) atoms. The van der Waals surface area contributed by atoms with Crippen LogP contribution >= 0.6 is 0 Å². The maximum absolute atomic E-state index is 14.2. The first-order chi connectivity index (χ1) is 16.5. The fourth-order valence-electron chi connectivity index (χ4n) is 4.07. The lowest BCUT2D eigenvalue weighted by molar-refractivity contribution is -0.137. The molecular formula is C24H26F4N2O5. The quantitative estimate of drug-likeness (QED) is 0.567. The molecule has 2 aromatic carbocycles. The predicted octanol–water partition coefficient (Wildman–Crippen LogP) is 5.02. The summed E-state index contributed by atoms with van der Waals surface area (Å²) < 4.78 is 68.5. The van der Waals surface area contributed by atoms with Crippen molar-refractivity contribution in [1.29, 1.82) is 0 Å². The second-order valence-electron chi connectivity index (χ2n) is 7.99. The number of carbonyl (C=O) groups excluding carboxylic acids is 2. The van der Waals surface area contributed by atoms with Gasteiger partial charge in [-0.15, -0.1) is 0 Å². The zero-order chi connectivity index (χ0) is 25.9. The van der Waals surface area contributed by atoms with E-state index in [0.717, 1.165) is 12.1 Å². The van der Waals surface area contributed by atoms with Gasteiger partial charge in [-0.05, 0) is 44.0 Å². The molecule has 1 heterocycles. The summed E-state index contributed by atoms with van der Waals surface area (Å²) in [7, 11) is 2.87. The Balaban J connectivity index is 1.91. The van der Waals surface area contributed by atoms with Crippen molar-refractivity contribution in [3.8, 4) is 11.5 Å². The molecule has 0 saturated carbocycles. The van der Waals surface area contributed by atoms with Crippen molar-refractivity contribution >= 4 is 17.7 Å². The fourth-order valence-corrected chi connectivity index (χ4v) is 4.07. The van der Waals surface area contributed by atoms with E-state index in [4.69, 9.17) is 14.2 Å². The predicted molar refractivity (Wildman–Crippen MR) is 119 cm³/mol. The lowest BCUT2D eigenvalue weighted by atomic mass is 9.85. The Bertz CT molecular complexity index is 1110. The van der Waals surface area contributed by atoms with Crippen molar-refractivity contribution in [2.24, 2.45) is 0 Å². The number of nitrogens with one attached hydrogen (secondary N) is 1. The van der Waals surface area contributed by atoms with Crippen molar-refractivity contribution < 1.29 is 41.4 Å².